The summed E-state index contributed by atoms with van der Waals surface area (Å²) in [4.78, 5) is 2.30. The summed E-state index contributed by atoms with van der Waals surface area (Å²) in [7, 11) is -3.64. The van der Waals surface area contributed by atoms with E-state index in [9.17, 15) is 13.5 Å². The Bertz CT molecular complexity index is 884. The van der Waals surface area contributed by atoms with Crippen LogP contribution in [0.25, 0.3) is 0 Å². The molecule has 0 amide bonds. The van der Waals surface area contributed by atoms with E-state index >= 15 is 0 Å². The molecule has 4 nitrogen and oxygen atoms in total. The predicted octanol–water partition coefficient (Wildman–Crippen LogP) is 4.55. The van der Waals surface area contributed by atoms with E-state index in [1.54, 1.807) is 37.3 Å². The number of thiophene rings is 1. The lowest BCUT2D eigenvalue weighted by Gasteiger charge is -2.28. The second kappa shape index (κ2) is 7.60. The third-order valence-corrected chi connectivity index (χ3v) is 8.44. The molecular weight excluding hydrogens is 390 g/mol. The number of nitrogens with one attached hydrogen (secondary N) is 1. The molecular formula is C19H24ClNO3S2. The van der Waals surface area contributed by atoms with Crippen LogP contribution in [-0.4, -0.2) is 20.1 Å². The first-order valence-corrected chi connectivity index (χ1v) is 11.5. The van der Waals surface area contributed by atoms with Crippen molar-refractivity contribution in [2.45, 2.75) is 55.9 Å². The van der Waals surface area contributed by atoms with Crippen LogP contribution in [0.15, 0.2) is 35.2 Å². The molecule has 1 heterocycles. The second-order valence-corrected chi connectivity index (χ2v) is 10.4. The quantitative estimate of drug-likeness (QED) is 0.729. The Balaban J connectivity index is 1.85. The molecule has 1 atom stereocenters. The van der Waals surface area contributed by atoms with Crippen molar-refractivity contribution in [2.75, 3.05) is 6.54 Å². The van der Waals surface area contributed by atoms with Crippen molar-refractivity contribution in [1.82, 2.24) is 4.72 Å². The van der Waals surface area contributed by atoms with Crippen LogP contribution in [0.1, 0.15) is 54.0 Å². The Morgan fingerprint density at radius 2 is 1.96 bits per heavy atom. The highest BCUT2D eigenvalue weighted by Crippen LogP contribution is 2.44. The van der Waals surface area contributed by atoms with Crippen LogP contribution in [0.3, 0.4) is 0 Å². The number of aryl methyl sites for hydroxylation is 1. The molecule has 26 heavy (non-hydrogen) atoms. The molecule has 0 aliphatic heterocycles. The minimum Gasteiger partial charge on any atom is -0.388 e. The van der Waals surface area contributed by atoms with Gasteiger partial charge in [0.05, 0.1) is 11.0 Å². The second-order valence-electron chi connectivity index (χ2n) is 7.10. The Hall–Kier alpha value is -0.920. The van der Waals surface area contributed by atoms with E-state index in [1.807, 2.05) is 12.1 Å². The van der Waals surface area contributed by atoms with Gasteiger partial charge in [-0.3, -0.25) is 0 Å². The van der Waals surface area contributed by atoms with Gasteiger partial charge < -0.3 is 5.11 Å². The summed E-state index contributed by atoms with van der Waals surface area (Å²) in [6.45, 7) is 3.88. The molecule has 0 radical (unpaired) electrons. The van der Waals surface area contributed by atoms with Crippen LogP contribution in [0.4, 0.5) is 0 Å². The van der Waals surface area contributed by atoms with E-state index in [0.717, 1.165) is 35.4 Å². The number of aliphatic hydroxyl groups excluding tert-OH is 1. The monoisotopic (exact) mass is 413 g/mol. The lowest BCUT2D eigenvalue weighted by molar-refractivity contribution is 0.203. The van der Waals surface area contributed by atoms with Gasteiger partial charge in [0.25, 0.3) is 0 Å². The van der Waals surface area contributed by atoms with Gasteiger partial charge in [-0.05, 0) is 56.5 Å². The Morgan fingerprint density at radius 3 is 2.58 bits per heavy atom. The smallest absolute Gasteiger partial charge is 0.240 e. The van der Waals surface area contributed by atoms with E-state index in [-0.39, 0.29) is 10.3 Å². The number of hydrogen-bond donors (Lipinski definition) is 2. The highest BCUT2D eigenvalue weighted by molar-refractivity contribution is 7.89. The first-order valence-electron chi connectivity index (χ1n) is 8.78. The lowest BCUT2D eigenvalue weighted by Crippen LogP contribution is -2.38. The number of halogens is 1. The average Bonchev–Trinajstić information content (AvgIpc) is 3.25. The SMILES string of the molecule is Cc1ccc(Cl)cc1S(=O)(=O)NCC1(c2ccc(C(C)O)s2)CCCC1. The molecule has 142 valence electrons. The number of hydrogen-bond acceptors (Lipinski definition) is 4. The van der Waals surface area contributed by atoms with Gasteiger partial charge in [0, 0.05) is 26.7 Å². The fourth-order valence-corrected chi connectivity index (χ4v) is 6.42. The van der Waals surface area contributed by atoms with Gasteiger partial charge in [0.1, 0.15) is 0 Å². The van der Waals surface area contributed by atoms with Crippen LogP contribution in [0.5, 0.6) is 0 Å². The highest BCUT2D eigenvalue weighted by atomic mass is 35.5. The molecule has 2 N–H and O–H groups in total. The van der Waals surface area contributed by atoms with Crippen LogP contribution < -0.4 is 4.72 Å². The zero-order valence-electron chi connectivity index (χ0n) is 15.0. The van der Waals surface area contributed by atoms with Crippen molar-refractivity contribution in [3.63, 3.8) is 0 Å². The van der Waals surface area contributed by atoms with Gasteiger partial charge in [-0.15, -0.1) is 11.3 Å². The van der Waals surface area contributed by atoms with Crippen LogP contribution >= 0.6 is 22.9 Å². The van der Waals surface area contributed by atoms with E-state index in [0.29, 0.717) is 17.1 Å². The molecule has 7 heteroatoms. The summed E-state index contributed by atoms with van der Waals surface area (Å²) in [5.41, 5.74) is 0.479. The predicted molar refractivity (Wildman–Crippen MR) is 106 cm³/mol. The molecule has 1 aromatic carbocycles. The zero-order chi connectivity index (χ0) is 18.9. The van der Waals surface area contributed by atoms with E-state index in [4.69, 9.17) is 11.6 Å². The largest absolute Gasteiger partial charge is 0.388 e. The van der Waals surface area contributed by atoms with Gasteiger partial charge in [0.2, 0.25) is 10.0 Å². The zero-order valence-corrected chi connectivity index (χ0v) is 17.3. The number of rotatable bonds is 6. The van der Waals surface area contributed by atoms with Crippen LogP contribution in [0, 0.1) is 6.92 Å². The summed E-state index contributed by atoms with van der Waals surface area (Å²) in [6.07, 6.45) is 3.56. The molecule has 1 unspecified atom stereocenters. The van der Waals surface area contributed by atoms with E-state index < -0.39 is 16.1 Å². The molecule has 1 aliphatic carbocycles. The fourth-order valence-electron chi connectivity index (χ4n) is 3.60. The summed E-state index contributed by atoms with van der Waals surface area (Å²) in [5.74, 6) is 0. The van der Waals surface area contributed by atoms with Crippen molar-refractivity contribution >= 4 is 33.0 Å². The topological polar surface area (TPSA) is 66.4 Å². The standard InChI is InChI=1S/C19H24ClNO3S2/c1-13-5-6-15(20)11-17(13)26(23,24)21-12-19(9-3-4-10-19)18-8-7-16(25-18)14(2)22/h5-8,11,14,21-22H,3-4,9-10,12H2,1-2H3. The molecule has 1 fully saturated rings. The maximum absolute atomic E-state index is 12.8. The van der Waals surface area contributed by atoms with Gasteiger partial charge in [-0.25, -0.2) is 13.1 Å². The average molecular weight is 414 g/mol. The number of aliphatic hydroxyl groups is 1. The number of sulfonamides is 1. The fraction of sp³-hybridized carbons (Fsp3) is 0.474. The first-order chi connectivity index (χ1) is 12.2. The molecule has 2 aromatic rings. The van der Waals surface area contributed by atoms with Crippen molar-refractivity contribution in [1.29, 1.82) is 0 Å². The minimum atomic E-state index is -3.64. The molecule has 0 saturated heterocycles. The Labute approximate surface area is 164 Å². The molecule has 0 spiro atoms. The molecule has 0 bridgehead atoms. The molecule has 1 aromatic heterocycles. The highest BCUT2D eigenvalue weighted by Gasteiger charge is 2.38. The third kappa shape index (κ3) is 3.99. The summed E-state index contributed by atoms with van der Waals surface area (Å²) in [5, 5.41) is 10.2. The van der Waals surface area contributed by atoms with E-state index in [1.165, 1.54) is 6.07 Å². The normalized spacial score (nSPS) is 18.2. The minimum absolute atomic E-state index is 0.197. The maximum atomic E-state index is 12.8. The summed E-state index contributed by atoms with van der Waals surface area (Å²) in [6, 6.07) is 8.89. The van der Waals surface area contributed by atoms with Crippen molar-refractivity contribution in [2.24, 2.45) is 0 Å². The van der Waals surface area contributed by atoms with Gasteiger partial charge in [-0.1, -0.05) is 30.5 Å². The van der Waals surface area contributed by atoms with Crippen molar-refractivity contribution in [3.8, 4) is 0 Å². The van der Waals surface area contributed by atoms with Gasteiger partial charge >= 0.3 is 0 Å². The summed E-state index contributed by atoms with van der Waals surface area (Å²) < 4.78 is 28.5. The van der Waals surface area contributed by atoms with Gasteiger partial charge in [-0.2, -0.15) is 0 Å². The number of benzene rings is 1. The summed E-state index contributed by atoms with van der Waals surface area (Å²) >= 11 is 7.57. The Morgan fingerprint density at radius 1 is 1.27 bits per heavy atom. The van der Waals surface area contributed by atoms with Crippen molar-refractivity contribution in [3.05, 3.63) is 50.7 Å². The first kappa shape index (κ1) is 19.8. The molecule has 3 rings (SSSR count). The molecule has 1 aliphatic rings. The van der Waals surface area contributed by atoms with Crippen LogP contribution in [-0.2, 0) is 15.4 Å². The third-order valence-electron chi connectivity index (χ3n) is 5.16. The van der Waals surface area contributed by atoms with Gasteiger partial charge in [0.15, 0.2) is 0 Å². The molecule has 1 saturated carbocycles. The van der Waals surface area contributed by atoms with Crippen LogP contribution in [0.2, 0.25) is 5.02 Å². The Kier molecular flexibility index (Phi) is 5.80. The van der Waals surface area contributed by atoms with E-state index in [2.05, 4.69) is 4.72 Å². The maximum Gasteiger partial charge on any atom is 0.240 e. The lowest BCUT2D eigenvalue weighted by atomic mass is 9.85. The van der Waals surface area contributed by atoms with Crippen molar-refractivity contribution < 1.29 is 13.5 Å².